The third-order valence-corrected chi connectivity index (χ3v) is 12.9. The number of alkyl carbamates (subject to hydrolysis) is 1. The number of alkyl halides is 1. The molecule has 3 aliphatic heterocycles. The van der Waals surface area contributed by atoms with Gasteiger partial charge in [0.05, 0.1) is 35.2 Å². The smallest absolute Gasteiger partial charge is 0.410 e. The van der Waals surface area contributed by atoms with Gasteiger partial charge in [0.2, 0.25) is 5.91 Å². The standard InChI is InChI=1S/C42H65BrN4O11/c1-12-32-42(8)35(45-39(51)58-42)28(6)47(40(52)54-23-29-16-14-13-15-17-29)22-24(2)19-41(7,53-11)36(26(4)34(49)27(5)37(50)56-32)57-38-25(3)31(46(9)10)18-30(55-38)21-44-33(48)20-43/h13-17,24-28,30-32,35-36,38H,12,18-23H2,1-11H3,(H,44,48)(H,45,51)/t24-,25?,26+,27?,28-,30?,31?,32-,35-,36-,38+,41-,42-/m1/s1. The van der Waals surface area contributed by atoms with Gasteiger partial charge in [0, 0.05) is 38.1 Å². The zero-order chi connectivity index (χ0) is 43.1. The lowest BCUT2D eigenvalue weighted by Gasteiger charge is -2.48. The number of ketones is 1. The summed E-state index contributed by atoms with van der Waals surface area (Å²) in [4.78, 5) is 71.5. The number of cyclic esters (lactones) is 1. The van der Waals surface area contributed by atoms with Gasteiger partial charge in [-0.15, -0.1) is 0 Å². The van der Waals surface area contributed by atoms with E-state index in [0.29, 0.717) is 12.8 Å². The van der Waals surface area contributed by atoms with Crippen molar-refractivity contribution in [3.8, 4) is 0 Å². The quantitative estimate of drug-likeness (QED) is 0.139. The number of Topliss-reactive ketones (excluding diaryl/α,β-unsaturated/α-hetero) is 1. The first-order valence-corrected chi connectivity index (χ1v) is 21.5. The van der Waals surface area contributed by atoms with Crippen molar-refractivity contribution in [2.24, 2.45) is 23.7 Å². The number of benzene rings is 1. The van der Waals surface area contributed by atoms with Crippen LogP contribution in [0.4, 0.5) is 9.59 Å². The fourth-order valence-electron chi connectivity index (χ4n) is 8.95. The average Bonchev–Trinajstić information content (AvgIpc) is 3.52. The Balaban J connectivity index is 1.78. The van der Waals surface area contributed by atoms with Crippen LogP contribution in [0.3, 0.4) is 0 Å². The molecule has 3 fully saturated rings. The van der Waals surface area contributed by atoms with Gasteiger partial charge in [0.1, 0.15) is 18.6 Å². The molecule has 3 amide bonds. The van der Waals surface area contributed by atoms with Crippen LogP contribution in [0.1, 0.15) is 80.2 Å². The highest BCUT2D eigenvalue weighted by Crippen LogP contribution is 2.39. The molecular formula is C42H65BrN4O11. The molecular weight excluding hydrogens is 816 g/mol. The minimum absolute atomic E-state index is 0.00552. The van der Waals surface area contributed by atoms with Gasteiger partial charge in [-0.2, -0.15) is 0 Å². The number of carbonyl (C=O) groups is 5. The molecule has 0 radical (unpaired) electrons. The van der Waals surface area contributed by atoms with E-state index in [0.717, 1.165) is 5.56 Å². The SMILES string of the molecule is CC[C@H]1OC(=O)C(C)C(=O)[C@H](C)[C@@H](O[C@@H]2OC(CNC(=O)CBr)CC(N(C)C)C2C)[C@](C)(OC)C[C@@H](C)CN(C(=O)OCc2ccccc2)[C@H](C)[C@H]2NC(=O)O[C@@]21C. The first-order valence-electron chi connectivity index (χ1n) is 20.4. The average molecular weight is 882 g/mol. The molecule has 15 nitrogen and oxygen atoms in total. The van der Waals surface area contributed by atoms with E-state index in [9.17, 15) is 24.0 Å². The topological polar surface area (TPSA) is 171 Å². The van der Waals surface area contributed by atoms with E-state index in [2.05, 4.69) is 31.5 Å². The molecule has 0 spiro atoms. The highest BCUT2D eigenvalue weighted by atomic mass is 79.9. The predicted molar refractivity (Wildman–Crippen MR) is 219 cm³/mol. The summed E-state index contributed by atoms with van der Waals surface area (Å²) in [5.41, 5.74) is -1.77. The van der Waals surface area contributed by atoms with Crippen molar-refractivity contribution in [3.63, 3.8) is 0 Å². The molecule has 1 aromatic carbocycles. The van der Waals surface area contributed by atoms with Crippen LogP contribution in [0.2, 0.25) is 0 Å². The number of fused-ring (bicyclic) bond motifs is 1. The molecule has 0 saturated carbocycles. The Morgan fingerprint density at radius 2 is 1.74 bits per heavy atom. The number of rotatable bonds is 10. The lowest BCUT2D eigenvalue weighted by Crippen LogP contribution is -2.61. The molecule has 4 rings (SSSR count). The van der Waals surface area contributed by atoms with Crippen LogP contribution >= 0.6 is 15.9 Å². The molecule has 13 atom stereocenters. The molecule has 0 bridgehead atoms. The highest BCUT2D eigenvalue weighted by Gasteiger charge is 2.57. The Hall–Kier alpha value is -3.31. The summed E-state index contributed by atoms with van der Waals surface area (Å²) in [5, 5.41) is 5.93. The molecule has 2 N–H and O–H groups in total. The van der Waals surface area contributed by atoms with E-state index in [1.165, 1.54) is 6.92 Å². The van der Waals surface area contributed by atoms with Crippen LogP contribution in [0, 0.1) is 23.7 Å². The summed E-state index contributed by atoms with van der Waals surface area (Å²) in [7, 11) is 5.51. The maximum atomic E-state index is 14.5. The van der Waals surface area contributed by atoms with Crippen molar-refractivity contribution >= 4 is 45.8 Å². The summed E-state index contributed by atoms with van der Waals surface area (Å²) >= 11 is 3.20. The summed E-state index contributed by atoms with van der Waals surface area (Å²) in [5.74, 6) is -3.97. The number of nitrogens with one attached hydrogen (secondary N) is 2. The Morgan fingerprint density at radius 3 is 2.34 bits per heavy atom. The van der Waals surface area contributed by atoms with E-state index in [-0.39, 0.29) is 55.2 Å². The van der Waals surface area contributed by atoms with Crippen LogP contribution < -0.4 is 10.6 Å². The Morgan fingerprint density at radius 1 is 1.07 bits per heavy atom. The Labute approximate surface area is 352 Å². The lowest BCUT2D eigenvalue weighted by molar-refractivity contribution is -0.282. The van der Waals surface area contributed by atoms with Crippen LogP contribution in [0.25, 0.3) is 0 Å². The van der Waals surface area contributed by atoms with Gasteiger partial charge in [-0.05, 0) is 72.5 Å². The zero-order valence-corrected chi connectivity index (χ0v) is 37.5. The normalized spacial score (nSPS) is 36.5. The van der Waals surface area contributed by atoms with Crippen molar-refractivity contribution in [2.75, 3.05) is 39.6 Å². The van der Waals surface area contributed by atoms with E-state index in [4.69, 9.17) is 28.4 Å². The zero-order valence-electron chi connectivity index (χ0n) is 36.0. The second kappa shape index (κ2) is 20.3. The number of ether oxygens (including phenoxy) is 6. The van der Waals surface area contributed by atoms with Crippen molar-refractivity contribution in [1.29, 1.82) is 0 Å². The third kappa shape index (κ3) is 10.9. The molecule has 0 aliphatic carbocycles. The Bertz CT molecular complexity index is 1590. The van der Waals surface area contributed by atoms with Gasteiger partial charge >= 0.3 is 18.2 Å². The van der Waals surface area contributed by atoms with Crippen molar-refractivity contribution in [2.45, 2.75) is 135 Å². The highest BCUT2D eigenvalue weighted by molar-refractivity contribution is 9.09. The van der Waals surface area contributed by atoms with E-state index in [1.54, 1.807) is 39.7 Å². The third-order valence-electron chi connectivity index (χ3n) is 12.4. The number of methoxy groups -OCH3 is 1. The molecule has 4 unspecified atom stereocenters. The predicted octanol–water partition coefficient (Wildman–Crippen LogP) is 5.07. The second-order valence-electron chi connectivity index (χ2n) is 16.9. The van der Waals surface area contributed by atoms with Crippen LogP contribution in [0.15, 0.2) is 30.3 Å². The van der Waals surface area contributed by atoms with Gasteiger partial charge in [-0.1, -0.05) is 74.0 Å². The number of esters is 1. The van der Waals surface area contributed by atoms with E-state index in [1.807, 2.05) is 65.2 Å². The molecule has 58 heavy (non-hydrogen) atoms. The van der Waals surface area contributed by atoms with Crippen molar-refractivity contribution < 1.29 is 52.4 Å². The molecule has 16 heteroatoms. The first kappa shape index (κ1) is 47.4. The minimum atomic E-state index is -1.41. The molecule has 326 valence electrons. The lowest BCUT2D eigenvalue weighted by atomic mass is 9.78. The molecule has 1 aromatic rings. The molecule has 3 heterocycles. The number of amides is 3. The molecule has 0 aromatic heterocycles. The number of halogens is 1. The molecule has 3 saturated heterocycles. The van der Waals surface area contributed by atoms with E-state index >= 15 is 0 Å². The number of hydrogen-bond acceptors (Lipinski definition) is 12. The summed E-state index contributed by atoms with van der Waals surface area (Å²) in [6.07, 6.45) is -3.28. The van der Waals surface area contributed by atoms with Crippen LogP contribution in [0.5, 0.6) is 0 Å². The van der Waals surface area contributed by atoms with E-state index < -0.39 is 83.7 Å². The molecule has 3 aliphatic rings. The summed E-state index contributed by atoms with van der Waals surface area (Å²) in [6.45, 7) is 14.8. The fourth-order valence-corrected chi connectivity index (χ4v) is 9.14. The Kier molecular flexibility index (Phi) is 16.6. The van der Waals surface area contributed by atoms with Crippen LogP contribution in [-0.2, 0) is 49.4 Å². The number of hydrogen-bond donors (Lipinski definition) is 2. The van der Waals surface area contributed by atoms with Crippen molar-refractivity contribution in [3.05, 3.63) is 35.9 Å². The van der Waals surface area contributed by atoms with Gasteiger partial charge in [-0.25, -0.2) is 9.59 Å². The number of carbonyl (C=O) groups excluding carboxylic acids is 5. The summed E-state index contributed by atoms with van der Waals surface area (Å²) in [6, 6.07) is 7.80. The van der Waals surface area contributed by atoms with Gasteiger partial charge in [0.15, 0.2) is 17.7 Å². The minimum Gasteiger partial charge on any atom is -0.458 e. The van der Waals surface area contributed by atoms with Gasteiger partial charge < -0.3 is 48.9 Å². The second-order valence-corrected chi connectivity index (χ2v) is 17.5. The number of nitrogens with zero attached hydrogens (tertiary/aromatic N) is 2. The van der Waals surface area contributed by atoms with Crippen LogP contribution in [-0.4, -0.2) is 133 Å². The monoisotopic (exact) mass is 880 g/mol. The fraction of sp³-hybridized carbons (Fsp3) is 0.738. The maximum absolute atomic E-state index is 14.5. The van der Waals surface area contributed by atoms with Gasteiger partial charge in [0.25, 0.3) is 0 Å². The summed E-state index contributed by atoms with van der Waals surface area (Å²) < 4.78 is 37.7. The van der Waals surface area contributed by atoms with Gasteiger partial charge in [-0.3, -0.25) is 14.4 Å². The first-order chi connectivity index (χ1) is 27.3. The maximum Gasteiger partial charge on any atom is 0.410 e. The largest absolute Gasteiger partial charge is 0.458 e. The van der Waals surface area contributed by atoms with Crippen molar-refractivity contribution in [1.82, 2.24) is 20.4 Å².